The van der Waals surface area contributed by atoms with Crippen LogP contribution in [0.2, 0.25) is 0 Å². The van der Waals surface area contributed by atoms with Crippen molar-refractivity contribution in [2.24, 2.45) is 5.92 Å². The van der Waals surface area contributed by atoms with Crippen LogP contribution < -0.4 is 0 Å². The molecule has 1 aliphatic rings. The van der Waals surface area contributed by atoms with Crippen LogP contribution in [0.3, 0.4) is 0 Å². The lowest BCUT2D eigenvalue weighted by atomic mass is 9.88. The zero-order valence-electron chi connectivity index (χ0n) is 9.54. The van der Waals surface area contributed by atoms with Gasteiger partial charge in [0.05, 0.1) is 6.42 Å². The van der Waals surface area contributed by atoms with E-state index >= 15 is 0 Å². The van der Waals surface area contributed by atoms with Gasteiger partial charge in [-0.2, -0.15) is 0 Å². The van der Waals surface area contributed by atoms with Gasteiger partial charge in [0.2, 0.25) is 0 Å². The van der Waals surface area contributed by atoms with Crippen LogP contribution in [-0.4, -0.2) is 11.1 Å². The molecule has 1 fully saturated rings. The van der Waals surface area contributed by atoms with E-state index < -0.39 is 17.6 Å². The van der Waals surface area contributed by atoms with Gasteiger partial charge in [0.1, 0.15) is 0 Å². The molecule has 0 saturated heterocycles. The van der Waals surface area contributed by atoms with E-state index in [0.29, 0.717) is 17.0 Å². The molecule has 0 spiro atoms. The highest BCUT2D eigenvalue weighted by Crippen LogP contribution is 2.45. The Morgan fingerprint density at radius 3 is 2.53 bits per heavy atom. The first-order valence-corrected chi connectivity index (χ1v) is 5.66. The van der Waals surface area contributed by atoms with Crippen LogP contribution in [-0.2, 0) is 4.79 Å². The van der Waals surface area contributed by atoms with Crippen molar-refractivity contribution in [3.8, 4) is 0 Å². The summed E-state index contributed by atoms with van der Waals surface area (Å²) < 4.78 is 26.2. The van der Waals surface area contributed by atoms with Gasteiger partial charge >= 0.3 is 5.97 Å². The molecule has 17 heavy (non-hydrogen) atoms. The van der Waals surface area contributed by atoms with Crippen molar-refractivity contribution in [1.82, 2.24) is 0 Å². The highest BCUT2D eigenvalue weighted by molar-refractivity contribution is 5.68. The van der Waals surface area contributed by atoms with Crippen molar-refractivity contribution in [1.29, 1.82) is 0 Å². The third-order valence-electron chi connectivity index (χ3n) is 3.29. The van der Waals surface area contributed by atoms with Crippen molar-refractivity contribution < 1.29 is 18.7 Å². The number of halogens is 2. The topological polar surface area (TPSA) is 37.3 Å². The van der Waals surface area contributed by atoms with Gasteiger partial charge < -0.3 is 5.11 Å². The number of carbonyl (C=O) groups is 1. The van der Waals surface area contributed by atoms with E-state index in [1.807, 2.05) is 0 Å². The summed E-state index contributed by atoms with van der Waals surface area (Å²) in [7, 11) is 0. The molecule has 0 aliphatic heterocycles. The molecule has 92 valence electrons. The molecular weight excluding hydrogens is 226 g/mol. The molecule has 0 amide bonds. The molecule has 1 N–H and O–H groups in total. The molecule has 0 heterocycles. The summed E-state index contributed by atoms with van der Waals surface area (Å²) in [4.78, 5) is 10.8. The first-order valence-electron chi connectivity index (χ1n) is 5.66. The molecule has 4 heteroatoms. The summed E-state index contributed by atoms with van der Waals surface area (Å²) in [6.07, 6.45) is 1.92. The predicted octanol–water partition coefficient (Wildman–Crippen LogP) is 3.24. The van der Waals surface area contributed by atoms with Gasteiger partial charge in [-0.25, -0.2) is 8.78 Å². The number of carboxylic acid groups (broad SMARTS) is 1. The van der Waals surface area contributed by atoms with E-state index in [4.69, 9.17) is 5.11 Å². The lowest BCUT2D eigenvalue weighted by molar-refractivity contribution is -0.137. The minimum absolute atomic E-state index is 0.0173. The fourth-order valence-electron chi connectivity index (χ4n) is 2.28. The first-order chi connectivity index (χ1) is 7.99. The normalized spacial score (nSPS) is 16.9. The van der Waals surface area contributed by atoms with Gasteiger partial charge in [-0.3, -0.25) is 4.79 Å². The standard InChI is InChI=1S/C13H14F2O2/c1-7-4-11(14)12(15)5-9(7)10(6-13(16)17)8-2-3-8/h4-5,8,10H,2-3,6H2,1H3,(H,16,17). The number of carboxylic acids is 1. The molecule has 0 radical (unpaired) electrons. The van der Waals surface area contributed by atoms with Gasteiger partial charge in [0, 0.05) is 0 Å². The van der Waals surface area contributed by atoms with Gasteiger partial charge in [-0.15, -0.1) is 0 Å². The Balaban J connectivity index is 2.35. The van der Waals surface area contributed by atoms with Crippen LogP contribution in [0.4, 0.5) is 8.78 Å². The second kappa shape index (κ2) is 4.43. The zero-order chi connectivity index (χ0) is 12.6. The third-order valence-corrected chi connectivity index (χ3v) is 3.29. The van der Waals surface area contributed by atoms with E-state index in [1.54, 1.807) is 6.92 Å². The maximum atomic E-state index is 13.2. The second-order valence-electron chi connectivity index (χ2n) is 4.66. The SMILES string of the molecule is Cc1cc(F)c(F)cc1C(CC(=O)O)C1CC1. The number of hydrogen-bond acceptors (Lipinski definition) is 1. The van der Waals surface area contributed by atoms with Crippen molar-refractivity contribution in [3.63, 3.8) is 0 Å². The van der Waals surface area contributed by atoms with E-state index in [0.717, 1.165) is 25.0 Å². The minimum atomic E-state index is -0.901. The van der Waals surface area contributed by atoms with E-state index in [-0.39, 0.29) is 12.3 Å². The Morgan fingerprint density at radius 2 is 2.00 bits per heavy atom. The number of benzene rings is 1. The molecule has 1 saturated carbocycles. The van der Waals surface area contributed by atoms with E-state index in [2.05, 4.69) is 0 Å². The highest BCUT2D eigenvalue weighted by atomic mass is 19.2. The largest absolute Gasteiger partial charge is 0.481 e. The average molecular weight is 240 g/mol. The monoisotopic (exact) mass is 240 g/mol. The lowest BCUT2D eigenvalue weighted by Crippen LogP contribution is -2.10. The summed E-state index contributed by atoms with van der Waals surface area (Å²) in [6.45, 7) is 1.69. The van der Waals surface area contributed by atoms with Crippen LogP contribution in [0.5, 0.6) is 0 Å². The van der Waals surface area contributed by atoms with Crippen molar-refractivity contribution in [3.05, 3.63) is 34.9 Å². The molecule has 2 nitrogen and oxygen atoms in total. The second-order valence-corrected chi connectivity index (χ2v) is 4.66. The Labute approximate surface area is 98.3 Å². The van der Waals surface area contributed by atoms with Gasteiger partial charge in [-0.05, 0) is 54.9 Å². The van der Waals surface area contributed by atoms with Crippen LogP contribution in [0.25, 0.3) is 0 Å². The van der Waals surface area contributed by atoms with Crippen LogP contribution in [0.15, 0.2) is 12.1 Å². The maximum absolute atomic E-state index is 13.2. The summed E-state index contributed by atoms with van der Waals surface area (Å²) in [5, 5.41) is 8.87. The molecule has 0 aromatic heterocycles. The highest BCUT2D eigenvalue weighted by Gasteiger charge is 2.34. The van der Waals surface area contributed by atoms with E-state index in [9.17, 15) is 13.6 Å². The predicted molar refractivity (Wildman–Crippen MR) is 58.8 cm³/mol. The van der Waals surface area contributed by atoms with Gasteiger partial charge in [0.25, 0.3) is 0 Å². The zero-order valence-corrected chi connectivity index (χ0v) is 9.54. The van der Waals surface area contributed by atoms with Crippen molar-refractivity contribution in [2.45, 2.75) is 32.1 Å². The van der Waals surface area contributed by atoms with Crippen LogP contribution in [0, 0.1) is 24.5 Å². The first kappa shape index (κ1) is 12.0. The smallest absolute Gasteiger partial charge is 0.303 e. The number of hydrogen-bond donors (Lipinski definition) is 1. The fourth-order valence-corrected chi connectivity index (χ4v) is 2.28. The molecular formula is C13H14F2O2. The van der Waals surface area contributed by atoms with Gasteiger partial charge in [-0.1, -0.05) is 0 Å². The fraction of sp³-hybridized carbons (Fsp3) is 0.462. The average Bonchev–Trinajstić information content (AvgIpc) is 3.04. The Hall–Kier alpha value is -1.45. The molecule has 0 bridgehead atoms. The summed E-state index contributed by atoms with van der Waals surface area (Å²) in [6, 6.07) is 2.29. The third kappa shape index (κ3) is 2.62. The Bertz CT molecular complexity index is 453. The Kier molecular flexibility index (Phi) is 3.13. The number of aliphatic carboxylic acids is 1. The number of rotatable bonds is 4. The maximum Gasteiger partial charge on any atom is 0.303 e. The molecule has 1 aromatic carbocycles. The van der Waals surface area contributed by atoms with Crippen molar-refractivity contribution in [2.75, 3.05) is 0 Å². The lowest BCUT2D eigenvalue weighted by Gasteiger charge is -2.17. The molecule has 1 aromatic rings. The molecule has 1 atom stereocenters. The molecule has 1 aliphatic carbocycles. The van der Waals surface area contributed by atoms with Crippen LogP contribution >= 0.6 is 0 Å². The summed E-state index contributed by atoms with van der Waals surface area (Å²) >= 11 is 0. The van der Waals surface area contributed by atoms with E-state index in [1.165, 1.54) is 0 Å². The van der Waals surface area contributed by atoms with Crippen LogP contribution in [0.1, 0.15) is 36.3 Å². The summed E-state index contributed by atoms with van der Waals surface area (Å²) in [5.41, 5.74) is 1.26. The van der Waals surface area contributed by atoms with Gasteiger partial charge in [0.15, 0.2) is 11.6 Å². The molecule has 1 unspecified atom stereocenters. The quantitative estimate of drug-likeness (QED) is 0.877. The summed E-state index contributed by atoms with van der Waals surface area (Å²) in [5.74, 6) is -2.57. The molecule has 2 rings (SSSR count). The minimum Gasteiger partial charge on any atom is -0.481 e. The Morgan fingerprint density at radius 1 is 1.41 bits per heavy atom. The van der Waals surface area contributed by atoms with Crippen molar-refractivity contribution >= 4 is 5.97 Å². The number of aryl methyl sites for hydroxylation is 1.